The minimum atomic E-state index is -3.84. The highest BCUT2D eigenvalue weighted by molar-refractivity contribution is 7.92. The number of sulfonamides is 1. The Bertz CT molecular complexity index is 1460. The van der Waals surface area contributed by atoms with Gasteiger partial charge in [0, 0.05) is 24.0 Å². The minimum Gasteiger partial charge on any atom is -0.352 e. The molecule has 0 radical (unpaired) electrons. The molecule has 0 aromatic heterocycles. The van der Waals surface area contributed by atoms with E-state index in [9.17, 15) is 18.0 Å². The molecule has 2 amide bonds. The van der Waals surface area contributed by atoms with E-state index in [-0.39, 0.29) is 24.4 Å². The molecule has 3 aromatic carbocycles. The first-order chi connectivity index (χ1) is 20.0. The standard InChI is InChI=1S/C33H40ClN3O4S/c1-24(2)29-15-9-10-16-30(29)37(42(3,40)41)23-32(38)36(22-26-17-19-27(34)20-18-26)31(21-25-11-5-4-6-12-25)33(39)35-28-13-7-8-14-28/h4-6,9-12,15-20,24,28,31H,7-8,13-14,21-23H2,1-3H3,(H,35,39)/t31-/m0/s1. The van der Waals surface area contributed by atoms with Crippen molar-refractivity contribution in [1.29, 1.82) is 0 Å². The Kier molecular flexibility index (Phi) is 10.7. The van der Waals surface area contributed by atoms with Crippen LogP contribution in [0.4, 0.5) is 5.69 Å². The molecule has 0 bridgehead atoms. The maximum Gasteiger partial charge on any atom is 0.244 e. The number of hydrogen-bond donors (Lipinski definition) is 1. The SMILES string of the molecule is CC(C)c1ccccc1N(CC(=O)N(Cc1ccc(Cl)cc1)[C@@H](Cc1ccccc1)C(=O)NC1CCCC1)S(C)(=O)=O. The predicted octanol–water partition coefficient (Wildman–Crippen LogP) is 5.93. The summed E-state index contributed by atoms with van der Waals surface area (Å²) in [5, 5.41) is 3.74. The molecule has 3 aromatic rings. The van der Waals surface area contributed by atoms with Gasteiger partial charge in [-0.15, -0.1) is 0 Å². The summed E-state index contributed by atoms with van der Waals surface area (Å²) in [4.78, 5) is 29.8. The van der Waals surface area contributed by atoms with E-state index in [0.29, 0.717) is 17.1 Å². The maximum atomic E-state index is 14.3. The van der Waals surface area contributed by atoms with Crippen LogP contribution in [-0.2, 0) is 32.6 Å². The van der Waals surface area contributed by atoms with Crippen LogP contribution >= 0.6 is 11.6 Å². The summed E-state index contributed by atoms with van der Waals surface area (Å²) in [6.45, 7) is 3.65. The predicted molar refractivity (Wildman–Crippen MR) is 169 cm³/mol. The fourth-order valence-electron chi connectivity index (χ4n) is 5.51. The highest BCUT2D eigenvalue weighted by Crippen LogP contribution is 2.29. The number of para-hydroxylation sites is 1. The molecule has 1 N–H and O–H groups in total. The van der Waals surface area contributed by atoms with Gasteiger partial charge in [-0.05, 0) is 53.6 Å². The minimum absolute atomic E-state index is 0.0359. The van der Waals surface area contributed by atoms with E-state index in [1.165, 1.54) is 4.90 Å². The van der Waals surface area contributed by atoms with Crippen molar-refractivity contribution in [3.05, 3.63) is 101 Å². The van der Waals surface area contributed by atoms with E-state index in [2.05, 4.69) is 5.32 Å². The summed E-state index contributed by atoms with van der Waals surface area (Å²) in [6.07, 6.45) is 5.32. The summed E-state index contributed by atoms with van der Waals surface area (Å²) in [7, 11) is -3.84. The lowest BCUT2D eigenvalue weighted by molar-refractivity contribution is -0.140. The Morgan fingerprint density at radius 3 is 2.14 bits per heavy atom. The Hall–Kier alpha value is -3.36. The summed E-state index contributed by atoms with van der Waals surface area (Å²) >= 11 is 6.14. The van der Waals surface area contributed by atoms with Crippen molar-refractivity contribution in [3.63, 3.8) is 0 Å². The van der Waals surface area contributed by atoms with Crippen LogP contribution in [0.3, 0.4) is 0 Å². The molecule has 0 heterocycles. The number of nitrogens with zero attached hydrogens (tertiary/aromatic N) is 2. The van der Waals surface area contributed by atoms with Gasteiger partial charge >= 0.3 is 0 Å². The number of anilines is 1. The van der Waals surface area contributed by atoms with Crippen molar-refractivity contribution in [2.45, 2.75) is 70.5 Å². The quantitative estimate of drug-likeness (QED) is 0.276. The number of amides is 2. The third-order valence-corrected chi connectivity index (χ3v) is 9.12. The van der Waals surface area contributed by atoms with Gasteiger partial charge in [-0.1, -0.05) is 99.0 Å². The highest BCUT2D eigenvalue weighted by Gasteiger charge is 2.34. The summed E-state index contributed by atoms with van der Waals surface area (Å²) in [6, 6.07) is 23.1. The second-order valence-electron chi connectivity index (χ2n) is 11.3. The van der Waals surface area contributed by atoms with Gasteiger partial charge in [0.05, 0.1) is 11.9 Å². The van der Waals surface area contributed by atoms with Gasteiger partial charge in [0.1, 0.15) is 12.6 Å². The first-order valence-corrected chi connectivity index (χ1v) is 16.7. The molecule has 224 valence electrons. The van der Waals surface area contributed by atoms with Gasteiger partial charge < -0.3 is 10.2 Å². The van der Waals surface area contributed by atoms with E-state index >= 15 is 0 Å². The van der Waals surface area contributed by atoms with Crippen LogP contribution in [0.5, 0.6) is 0 Å². The lowest BCUT2D eigenvalue weighted by atomic mass is 10.0. The molecular weight excluding hydrogens is 570 g/mol. The molecule has 1 saturated carbocycles. The number of halogens is 1. The van der Waals surface area contributed by atoms with Gasteiger partial charge in [-0.2, -0.15) is 0 Å². The monoisotopic (exact) mass is 609 g/mol. The Labute approximate surface area is 254 Å². The number of carbonyl (C=O) groups excluding carboxylic acids is 2. The molecular formula is C33H40ClN3O4S. The molecule has 0 aliphatic heterocycles. The Morgan fingerprint density at radius 1 is 0.905 bits per heavy atom. The Morgan fingerprint density at radius 2 is 1.52 bits per heavy atom. The van der Waals surface area contributed by atoms with Gasteiger partial charge in [0.25, 0.3) is 0 Å². The number of hydrogen-bond acceptors (Lipinski definition) is 4. The zero-order valence-electron chi connectivity index (χ0n) is 24.5. The van der Waals surface area contributed by atoms with Gasteiger partial charge in [0.15, 0.2) is 0 Å². The first kappa shape index (κ1) is 31.6. The van der Waals surface area contributed by atoms with Crippen LogP contribution < -0.4 is 9.62 Å². The molecule has 4 rings (SSSR count). The van der Waals surface area contributed by atoms with Gasteiger partial charge in [-0.3, -0.25) is 13.9 Å². The van der Waals surface area contributed by atoms with Crippen molar-refractivity contribution >= 4 is 39.1 Å². The first-order valence-electron chi connectivity index (χ1n) is 14.5. The molecule has 0 saturated heterocycles. The smallest absolute Gasteiger partial charge is 0.244 e. The fourth-order valence-corrected chi connectivity index (χ4v) is 6.50. The average Bonchev–Trinajstić information content (AvgIpc) is 3.47. The van der Waals surface area contributed by atoms with Gasteiger partial charge in [0.2, 0.25) is 21.8 Å². The third-order valence-electron chi connectivity index (χ3n) is 7.75. The second-order valence-corrected chi connectivity index (χ2v) is 13.7. The summed E-state index contributed by atoms with van der Waals surface area (Å²) in [5.74, 6) is -0.660. The van der Waals surface area contributed by atoms with Crippen LogP contribution in [0, 0.1) is 0 Å². The molecule has 9 heteroatoms. The van der Waals surface area contributed by atoms with Crippen molar-refractivity contribution in [2.75, 3.05) is 17.1 Å². The van der Waals surface area contributed by atoms with Gasteiger partial charge in [-0.25, -0.2) is 8.42 Å². The van der Waals surface area contributed by atoms with Crippen LogP contribution in [0.1, 0.15) is 62.1 Å². The molecule has 1 aliphatic carbocycles. The van der Waals surface area contributed by atoms with Crippen molar-refractivity contribution in [2.24, 2.45) is 0 Å². The fraction of sp³-hybridized carbons (Fsp3) is 0.394. The van der Waals surface area contributed by atoms with Crippen molar-refractivity contribution in [1.82, 2.24) is 10.2 Å². The van der Waals surface area contributed by atoms with Crippen LogP contribution in [0.15, 0.2) is 78.9 Å². The lowest BCUT2D eigenvalue weighted by Gasteiger charge is -2.34. The number of benzene rings is 3. The summed E-state index contributed by atoms with van der Waals surface area (Å²) in [5.41, 5.74) is 2.97. The molecule has 1 atom stereocenters. The molecule has 1 aliphatic rings. The maximum absolute atomic E-state index is 14.3. The van der Waals surface area contributed by atoms with E-state index in [0.717, 1.165) is 52.9 Å². The molecule has 7 nitrogen and oxygen atoms in total. The lowest BCUT2D eigenvalue weighted by Crippen LogP contribution is -2.54. The molecule has 1 fully saturated rings. The van der Waals surface area contributed by atoms with Crippen LogP contribution in [0.25, 0.3) is 0 Å². The molecule has 42 heavy (non-hydrogen) atoms. The highest BCUT2D eigenvalue weighted by atomic mass is 35.5. The van der Waals surface area contributed by atoms with E-state index in [1.807, 2.05) is 68.4 Å². The molecule has 0 unspecified atom stereocenters. The zero-order chi connectivity index (χ0) is 30.3. The van der Waals surface area contributed by atoms with E-state index < -0.39 is 28.5 Å². The number of carbonyl (C=O) groups is 2. The number of nitrogens with one attached hydrogen (secondary N) is 1. The van der Waals surface area contributed by atoms with E-state index in [4.69, 9.17) is 11.6 Å². The largest absolute Gasteiger partial charge is 0.352 e. The van der Waals surface area contributed by atoms with Crippen molar-refractivity contribution < 1.29 is 18.0 Å². The second kappa shape index (κ2) is 14.2. The van der Waals surface area contributed by atoms with Crippen LogP contribution in [-0.4, -0.2) is 50.0 Å². The Balaban J connectivity index is 1.75. The topological polar surface area (TPSA) is 86.8 Å². The average molecular weight is 610 g/mol. The number of rotatable bonds is 12. The summed E-state index contributed by atoms with van der Waals surface area (Å²) < 4.78 is 27.5. The van der Waals surface area contributed by atoms with Crippen LogP contribution in [0.2, 0.25) is 5.02 Å². The zero-order valence-corrected chi connectivity index (χ0v) is 26.1. The molecule has 0 spiro atoms. The normalized spacial score (nSPS) is 14.5. The van der Waals surface area contributed by atoms with Crippen molar-refractivity contribution in [3.8, 4) is 0 Å². The van der Waals surface area contributed by atoms with E-state index in [1.54, 1.807) is 24.3 Å². The third kappa shape index (κ3) is 8.35.